The molecule has 0 atom stereocenters. The maximum absolute atomic E-state index is 12.9. The molecule has 0 aliphatic heterocycles. The van der Waals surface area contributed by atoms with Crippen molar-refractivity contribution in [2.75, 3.05) is 0 Å². The van der Waals surface area contributed by atoms with Crippen molar-refractivity contribution >= 4 is 22.4 Å². The van der Waals surface area contributed by atoms with Crippen molar-refractivity contribution in [3.63, 3.8) is 0 Å². The van der Waals surface area contributed by atoms with E-state index in [1.807, 2.05) is 0 Å². The van der Waals surface area contributed by atoms with Crippen LogP contribution in [-0.4, -0.2) is 4.98 Å². The fourth-order valence-corrected chi connectivity index (χ4v) is 1.61. The Bertz CT molecular complexity index is 550. The Morgan fingerprint density at radius 3 is 2.44 bits per heavy atom. The van der Waals surface area contributed by atoms with Crippen LogP contribution in [0.2, 0.25) is 5.15 Å². The van der Waals surface area contributed by atoms with Gasteiger partial charge in [0.1, 0.15) is 11.0 Å². The van der Waals surface area contributed by atoms with Gasteiger partial charge in [0.05, 0.1) is 5.56 Å². The van der Waals surface area contributed by atoms with Crippen LogP contribution in [0.4, 0.5) is 17.6 Å². The van der Waals surface area contributed by atoms with E-state index in [-0.39, 0.29) is 15.9 Å². The van der Waals surface area contributed by atoms with Crippen LogP contribution in [0.5, 0.6) is 0 Å². The predicted octanol–water partition coefficient (Wildman–Crippen LogP) is 4.05. The molecule has 0 unspecified atom stereocenters. The first-order valence-electron chi connectivity index (χ1n) is 4.20. The Balaban J connectivity index is 2.85. The highest BCUT2D eigenvalue weighted by Crippen LogP contribution is 2.36. The van der Waals surface area contributed by atoms with Gasteiger partial charge in [-0.25, -0.2) is 9.37 Å². The van der Waals surface area contributed by atoms with Crippen LogP contribution in [0.1, 0.15) is 5.56 Å². The number of alkyl halides is 3. The molecule has 84 valence electrons. The van der Waals surface area contributed by atoms with E-state index in [0.29, 0.717) is 6.20 Å². The fraction of sp³-hybridized carbons (Fsp3) is 0.100. The molecule has 0 saturated carbocycles. The van der Waals surface area contributed by atoms with E-state index >= 15 is 0 Å². The van der Waals surface area contributed by atoms with Crippen LogP contribution in [0, 0.1) is 5.82 Å². The minimum Gasteiger partial charge on any atom is -0.243 e. The average molecular weight is 250 g/mol. The number of nitrogens with zero attached hydrogens (tertiary/aromatic N) is 1. The van der Waals surface area contributed by atoms with Crippen LogP contribution in [0.3, 0.4) is 0 Å². The number of halogens is 5. The zero-order valence-corrected chi connectivity index (χ0v) is 8.40. The molecule has 0 fully saturated rings. The van der Waals surface area contributed by atoms with Gasteiger partial charge in [0, 0.05) is 11.6 Å². The van der Waals surface area contributed by atoms with E-state index in [4.69, 9.17) is 11.6 Å². The van der Waals surface area contributed by atoms with Crippen molar-refractivity contribution in [2.45, 2.75) is 6.18 Å². The molecule has 1 nitrogen and oxygen atoms in total. The smallest absolute Gasteiger partial charge is 0.243 e. The standard InChI is InChI=1S/C10H4ClF4N/c11-9-7-3-5(12)1-2-6(7)8(4-16-9)10(13,14)15/h1-4H. The summed E-state index contributed by atoms with van der Waals surface area (Å²) in [5.41, 5.74) is -0.924. The molecular weight excluding hydrogens is 246 g/mol. The Morgan fingerprint density at radius 2 is 1.81 bits per heavy atom. The summed E-state index contributed by atoms with van der Waals surface area (Å²) >= 11 is 5.61. The topological polar surface area (TPSA) is 12.9 Å². The van der Waals surface area contributed by atoms with E-state index < -0.39 is 17.6 Å². The Morgan fingerprint density at radius 1 is 1.12 bits per heavy atom. The molecule has 2 aromatic rings. The SMILES string of the molecule is Fc1ccc2c(C(F)(F)F)cnc(Cl)c2c1. The lowest BCUT2D eigenvalue weighted by atomic mass is 10.1. The number of hydrogen-bond donors (Lipinski definition) is 0. The van der Waals surface area contributed by atoms with Crippen molar-refractivity contribution in [3.05, 3.63) is 40.9 Å². The average Bonchev–Trinajstić information content (AvgIpc) is 2.17. The van der Waals surface area contributed by atoms with Gasteiger partial charge in [-0.15, -0.1) is 0 Å². The number of aromatic nitrogens is 1. The highest BCUT2D eigenvalue weighted by Gasteiger charge is 2.33. The maximum atomic E-state index is 12.9. The molecule has 0 radical (unpaired) electrons. The normalized spacial score (nSPS) is 12.1. The van der Waals surface area contributed by atoms with Crippen molar-refractivity contribution in [2.24, 2.45) is 0 Å². The lowest BCUT2D eigenvalue weighted by molar-refractivity contribution is -0.136. The number of fused-ring (bicyclic) bond motifs is 1. The summed E-state index contributed by atoms with van der Waals surface area (Å²) in [6, 6.07) is 2.93. The van der Waals surface area contributed by atoms with Gasteiger partial charge in [-0.3, -0.25) is 0 Å². The van der Waals surface area contributed by atoms with Crippen LogP contribution in [0.25, 0.3) is 10.8 Å². The molecule has 1 aromatic carbocycles. The van der Waals surface area contributed by atoms with Crippen molar-refractivity contribution in [3.8, 4) is 0 Å². The number of hydrogen-bond acceptors (Lipinski definition) is 1. The molecule has 0 aliphatic carbocycles. The third-order valence-electron chi connectivity index (χ3n) is 2.11. The van der Waals surface area contributed by atoms with Crippen molar-refractivity contribution in [1.82, 2.24) is 4.98 Å². The summed E-state index contributed by atoms with van der Waals surface area (Å²) in [7, 11) is 0. The molecule has 0 spiro atoms. The predicted molar refractivity (Wildman–Crippen MR) is 51.7 cm³/mol. The monoisotopic (exact) mass is 249 g/mol. The minimum atomic E-state index is -4.53. The molecule has 0 saturated heterocycles. The van der Waals surface area contributed by atoms with E-state index in [1.54, 1.807) is 0 Å². The second kappa shape index (κ2) is 3.59. The van der Waals surface area contributed by atoms with E-state index in [9.17, 15) is 17.6 Å². The first-order valence-corrected chi connectivity index (χ1v) is 4.58. The quantitative estimate of drug-likeness (QED) is 0.507. The van der Waals surface area contributed by atoms with Crippen molar-refractivity contribution < 1.29 is 17.6 Å². The summed E-state index contributed by atoms with van der Waals surface area (Å²) < 4.78 is 50.6. The number of pyridine rings is 1. The molecule has 1 heterocycles. The summed E-state index contributed by atoms with van der Waals surface area (Å²) in [4.78, 5) is 3.39. The van der Waals surface area contributed by atoms with Gasteiger partial charge in [-0.1, -0.05) is 17.7 Å². The van der Waals surface area contributed by atoms with Gasteiger partial charge in [0.25, 0.3) is 0 Å². The molecule has 0 aliphatic rings. The van der Waals surface area contributed by atoms with Gasteiger partial charge in [0.15, 0.2) is 0 Å². The molecule has 16 heavy (non-hydrogen) atoms. The number of rotatable bonds is 0. The van der Waals surface area contributed by atoms with Gasteiger partial charge >= 0.3 is 6.18 Å². The van der Waals surface area contributed by atoms with Crippen LogP contribution in [0.15, 0.2) is 24.4 Å². The Kier molecular flexibility index (Phi) is 2.50. The highest BCUT2D eigenvalue weighted by atomic mass is 35.5. The van der Waals surface area contributed by atoms with Crippen LogP contribution < -0.4 is 0 Å². The van der Waals surface area contributed by atoms with E-state index in [0.717, 1.165) is 18.2 Å². The molecule has 0 amide bonds. The summed E-state index contributed by atoms with van der Waals surface area (Å²) in [5, 5.41) is -0.354. The van der Waals surface area contributed by atoms with Gasteiger partial charge in [-0.05, 0) is 17.5 Å². The van der Waals surface area contributed by atoms with Gasteiger partial charge in [0.2, 0.25) is 0 Å². The largest absolute Gasteiger partial charge is 0.418 e. The Labute approximate surface area is 92.7 Å². The third kappa shape index (κ3) is 1.82. The van der Waals surface area contributed by atoms with E-state index in [2.05, 4.69) is 4.98 Å². The first-order chi connectivity index (χ1) is 7.39. The van der Waals surface area contributed by atoms with E-state index in [1.165, 1.54) is 0 Å². The van der Waals surface area contributed by atoms with Gasteiger partial charge < -0.3 is 0 Å². The van der Waals surface area contributed by atoms with Crippen molar-refractivity contribution in [1.29, 1.82) is 0 Å². The fourth-order valence-electron chi connectivity index (χ4n) is 1.41. The molecule has 6 heteroatoms. The molecular formula is C10H4ClF4N. The lowest BCUT2D eigenvalue weighted by Gasteiger charge is -2.10. The second-order valence-corrected chi connectivity index (χ2v) is 3.51. The minimum absolute atomic E-state index is 0.0449. The lowest BCUT2D eigenvalue weighted by Crippen LogP contribution is -2.06. The second-order valence-electron chi connectivity index (χ2n) is 3.15. The Hall–Kier alpha value is -1.36. The molecule has 0 bridgehead atoms. The number of benzene rings is 1. The molecule has 2 rings (SSSR count). The third-order valence-corrected chi connectivity index (χ3v) is 2.41. The zero-order valence-electron chi connectivity index (χ0n) is 7.65. The summed E-state index contributed by atoms with van der Waals surface area (Å²) in [6.45, 7) is 0. The maximum Gasteiger partial charge on any atom is 0.418 e. The highest BCUT2D eigenvalue weighted by molar-refractivity contribution is 6.34. The van der Waals surface area contributed by atoms with Crippen LogP contribution >= 0.6 is 11.6 Å². The first kappa shape index (κ1) is 11.1. The molecule has 1 aromatic heterocycles. The van der Waals surface area contributed by atoms with Crippen LogP contribution in [-0.2, 0) is 6.18 Å². The summed E-state index contributed by atoms with van der Waals surface area (Å²) in [5.74, 6) is -0.657. The van der Waals surface area contributed by atoms with Gasteiger partial charge in [-0.2, -0.15) is 13.2 Å². The summed E-state index contributed by atoms with van der Waals surface area (Å²) in [6.07, 6.45) is -3.89. The zero-order chi connectivity index (χ0) is 11.9. The molecule has 0 N–H and O–H groups in total.